The second-order valence-corrected chi connectivity index (χ2v) is 14.0. The van der Waals surface area contributed by atoms with Gasteiger partial charge in [0.1, 0.15) is 34.0 Å². The summed E-state index contributed by atoms with van der Waals surface area (Å²) in [5.74, 6) is 1.53. The van der Waals surface area contributed by atoms with Gasteiger partial charge in [-0.05, 0) is 53.6 Å². The minimum absolute atomic E-state index is 0.504. The Labute approximate surface area is 295 Å². The second-order valence-electron chi connectivity index (χ2n) is 12.9. The first kappa shape index (κ1) is 28.3. The molecule has 51 heavy (non-hydrogen) atoms. The van der Waals surface area contributed by atoms with Crippen LogP contribution in [0.15, 0.2) is 170 Å². The van der Waals surface area contributed by atoms with Crippen molar-refractivity contribution >= 4 is 87.1 Å². The van der Waals surface area contributed by atoms with Crippen LogP contribution in [0.1, 0.15) is 22.9 Å². The van der Waals surface area contributed by atoms with Gasteiger partial charge in [0.25, 0.3) is 0 Å². The summed E-state index contributed by atoms with van der Waals surface area (Å²) in [6.07, 6.45) is -0.504. The molecule has 3 aromatic heterocycles. The van der Waals surface area contributed by atoms with Crippen molar-refractivity contribution in [3.63, 3.8) is 0 Å². The lowest BCUT2D eigenvalue weighted by Crippen LogP contribution is -2.36. The van der Waals surface area contributed by atoms with E-state index >= 15 is 0 Å². The number of rotatable bonds is 4. The molecule has 0 spiro atoms. The first-order valence-corrected chi connectivity index (χ1v) is 17.8. The summed E-state index contributed by atoms with van der Waals surface area (Å²) in [5, 5.41) is 10.2. The van der Waals surface area contributed by atoms with E-state index in [1.807, 2.05) is 42.5 Å². The highest BCUT2D eigenvalue weighted by molar-refractivity contribution is 7.26. The summed E-state index contributed by atoms with van der Waals surface area (Å²) in [6, 6.07) is 52.6. The number of hydrogen-bond acceptors (Lipinski definition) is 6. The van der Waals surface area contributed by atoms with Gasteiger partial charge in [0.2, 0.25) is 0 Å². The SMILES string of the molecule is c1ccc(-c2ccc(C3=NC(c4cc5c6ccccc6oc5c5c4sc4ccccc45)N=C(c4ccc5oc6ccccc6c5c4)N3)cc2)cc1. The summed E-state index contributed by atoms with van der Waals surface area (Å²) in [6.45, 7) is 0. The highest BCUT2D eigenvalue weighted by Crippen LogP contribution is 2.46. The van der Waals surface area contributed by atoms with Crippen molar-refractivity contribution in [2.45, 2.75) is 6.17 Å². The Bertz CT molecular complexity index is 3060. The Morgan fingerprint density at radius 2 is 1.06 bits per heavy atom. The van der Waals surface area contributed by atoms with Crippen LogP contribution in [0.25, 0.3) is 75.2 Å². The average Bonchev–Trinajstić information content (AvgIpc) is 3.89. The molecule has 0 aliphatic carbocycles. The van der Waals surface area contributed by atoms with Gasteiger partial charge in [0.15, 0.2) is 6.17 Å². The number of benzene rings is 7. The maximum absolute atomic E-state index is 6.59. The summed E-state index contributed by atoms with van der Waals surface area (Å²) in [7, 11) is 0. The lowest BCUT2D eigenvalue weighted by molar-refractivity contribution is 0.669. The summed E-state index contributed by atoms with van der Waals surface area (Å²) >= 11 is 1.77. The van der Waals surface area contributed by atoms with E-state index in [4.69, 9.17) is 18.8 Å². The number of furan rings is 2. The van der Waals surface area contributed by atoms with Crippen LogP contribution in [0.2, 0.25) is 0 Å². The summed E-state index contributed by atoms with van der Waals surface area (Å²) < 4.78 is 15.1. The third-order valence-corrected chi connectivity index (χ3v) is 11.2. The minimum Gasteiger partial charge on any atom is -0.456 e. The third-order valence-electron chi connectivity index (χ3n) is 9.95. The topological polar surface area (TPSA) is 63.0 Å². The van der Waals surface area contributed by atoms with E-state index in [-0.39, 0.29) is 0 Å². The molecule has 1 aliphatic rings. The fraction of sp³-hybridized carbons (Fsp3) is 0.0222. The van der Waals surface area contributed by atoms with E-state index < -0.39 is 6.17 Å². The van der Waals surface area contributed by atoms with Crippen molar-refractivity contribution in [2.24, 2.45) is 9.98 Å². The van der Waals surface area contributed by atoms with Gasteiger partial charge in [0, 0.05) is 58.4 Å². The van der Waals surface area contributed by atoms with Crippen LogP contribution in [-0.4, -0.2) is 11.7 Å². The molecule has 4 heterocycles. The van der Waals surface area contributed by atoms with Crippen LogP contribution in [-0.2, 0) is 0 Å². The van der Waals surface area contributed by atoms with Gasteiger partial charge in [-0.1, -0.05) is 109 Å². The molecular weight excluding hydrogens is 647 g/mol. The average molecular weight is 674 g/mol. The van der Waals surface area contributed by atoms with Crippen molar-refractivity contribution in [3.8, 4) is 11.1 Å². The van der Waals surface area contributed by atoms with Gasteiger partial charge >= 0.3 is 0 Å². The molecule has 1 aliphatic heterocycles. The molecule has 7 aromatic carbocycles. The minimum atomic E-state index is -0.504. The Morgan fingerprint density at radius 3 is 1.86 bits per heavy atom. The van der Waals surface area contributed by atoms with Gasteiger partial charge in [0.05, 0.1) is 0 Å². The number of nitrogens with zero attached hydrogens (tertiary/aromatic N) is 2. The van der Waals surface area contributed by atoms with Crippen molar-refractivity contribution in [1.29, 1.82) is 0 Å². The molecule has 6 heteroatoms. The number of thiophene rings is 1. The van der Waals surface area contributed by atoms with Crippen molar-refractivity contribution in [3.05, 3.63) is 168 Å². The molecule has 10 aromatic rings. The van der Waals surface area contributed by atoms with E-state index in [0.717, 1.165) is 87.9 Å². The molecule has 1 unspecified atom stereocenters. The van der Waals surface area contributed by atoms with Crippen LogP contribution in [0, 0.1) is 0 Å². The molecule has 5 nitrogen and oxygen atoms in total. The molecule has 240 valence electrons. The van der Waals surface area contributed by atoms with Gasteiger partial charge in [-0.2, -0.15) is 0 Å². The highest BCUT2D eigenvalue weighted by atomic mass is 32.1. The molecular formula is C45H27N3O2S. The number of amidine groups is 2. The summed E-state index contributed by atoms with van der Waals surface area (Å²) in [5.41, 5.74) is 8.84. The Kier molecular flexibility index (Phi) is 6.12. The first-order chi connectivity index (χ1) is 25.2. The van der Waals surface area contributed by atoms with E-state index in [9.17, 15) is 0 Å². The zero-order valence-corrected chi connectivity index (χ0v) is 27.9. The van der Waals surface area contributed by atoms with Crippen molar-refractivity contribution in [1.82, 2.24) is 5.32 Å². The molecule has 0 saturated heterocycles. The molecule has 0 bridgehead atoms. The quantitative estimate of drug-likeness (QED) is 0.202. The van der Waals surface area contributed by atoms with Crippen LogP contribution in [0.5, 0.6) is 0 Å². The van der Waals surface area contributed by atoms with Crippen molar-refractivity contribution in [2.75, 3.05) is 0 Å². The number of nitrogens with one attached hydrogen (secondary N) is 1. The number of aliphatic imine (C=N–C) groups is 2. The molecule has 0 radical (unpaired) electrons. The van der Waals surface area contributed by atoms with E-state index in [1.54, 1.807) is 11.3 Å². The third kappa shape index (κ3) is 4.47. The van der Waals surface area contributed by atoms with Gasteiger partial charge < -0.3 is 14.2 Å². The van der Waals surface area contributed by atoms with Crippen molar-refractivity contribution < 1.29 is 8.83 Å². The zero-order chi connectivity index (χ0) is 33.5. The monoisotopic (exact) mass is 673 g/mol. The number of para-hydroxylation sites is 2. The van der Waals surface area contributed by atoms with E-state index in [1.165, 1.54) is 15.6 Å². The van der Waals surface area contributed by atoms with E-state index in [2.05, 4.69) is 115 Å². The standard InChI is InChI=1S/C45H27N3O2S/c1-2-10-26(11-3-1)27-18-20-28(21-19-27)43-46-44(29-22-23-38-33(24-29)30-12-4-7-15-36(30)49-38)48-45(47-43)35-25-34-31-13-5-8-16-37(31)50-41(34)40-32-14-6-9-17-39(32)51-42(35)40/h1-25,45H,(H,46,47,48). The molecule has 0 fully saturated rings. The number of fused-ring (bicyclic) bond motifs is 10. The fourth-order valence-corrected chi connectivity index (χ4v) is 8.72. The molecule has 11 rings (SSSR count). The van der Waals surface area contributed by atoms with Crippen LogP contribution >= 0.6 is 11.3 Å². The number of hydrogen-bond donors (Lipinski definition) is 1. The van der Waals surface area contributed by atoms with Crippen LogP contribution in [0.4, 0.5) is 0 Å². The first-order valence-electron chi connectivity index (χ1n) is 17.0. The van der Waals surface area contributed by atoms with Gasteiger partial charge in [-0.3, -0.25) is 0 Å². The van der Waals surface area contributed by atoms with Crippen LogP contribution in [0.3, 0.4) is 0 Å². The van der Waals surface area contributed by atoms with Gasteiger partial charge in [-0.25, -0.2) is 9.98 Å². The molecule has 1 N–H and O–H groups in total. The van der Waals surface area contributed by atoms with Gasteiger partial charge in [-0.15, -0.1) is 11.3 Å². The smallest absolute Gasteiger partial charge is 0.171 e. The lowest BCUT2D eigenvalue weighted by atomic mass is 10.0. The predicted molar refractivity (Wildman–Crippen MR) is 211 cm³/mol. The highest BCUT2D eigenvalue weighted by Gasteiger charge is 2.27. The Balaban J connectivity index is 1.14. The largest absolute Gasteiger partial charge is 0.456 e. The van der Waals surface area contributed by atoms with E-state index in [0.29, 0.717) is 0 Å². The maximum Gasteiger partial charge on any atom is 0.171 e. The predicted octanol–water partition coefficient (Wildman–Crippen LogP) is 12.0. The maximum atomic E-state index is 6.59. The Hall–Kier alpha value is -6.50. The normalized spacial score (nSPS) is 14.9. The molecule has 0 saturated carbocycles. The molecule has 0 amide bonds. The van der Waals surface area contributed by atoms with Crippen LogP contribution < -0.4 is 5.32 Å². The fourth-order valence-electron chi connectivity index (χ4n) is 7.49. The lowest BCUT2D eigenvalue weighted by Gasteiger charge is -2.23. The summed E-state index contributed by atoms with van der Waals surface area (Å²) in [4.78, 5) is 10.8. The molecule has 1 atom stereocenters. The Morgan fingerprint density at radius 1 is 0.471 bits per heavy atom. The zero-order valence-electron chi connectivity index (χ0n) is 27.1. The second kappa shape index (κ2) is 11.0.